The molecule has 3 aliphatic heterocycles. The summed E-state index contributed by atoms with van der Waals surface area (Å²) in [6, 6.07) is 0.961. The predicted octanol–water partition coefficient (Wildman–Crippen LogP) is 1.98. The number of hydrogen-bond donors (Lipinski definition) is 0. The molecule has 0 saturated carbocycles. The van der Waals surface area contributed by atoms with Crippen molar-refractivity contribution in [3.63, 3.8) is 0 Å². The topological polar surface area (TPSA) is 3.24 Å². The Kier molecular flexibility index (Phi) is 1.55. The zero-order chi connectivity index (χ0) is 8.18. The Morgan fingerprint density at radius 1 is 1.42 bits per heavy atom. The molecule has 0 aromatic rings. The summed E-state index contributed by atoms with van der Waals surface area (Å²) in [6.07, 6.45) is 4.40. The molecule has 0 N–H and O–H groups in total. The molecule has 0 aromatic carbocycles. The van der Waals surface area contributed by atoms with Crippen molar-refractivity contribution in [1.29, 1.82) is 0 Å². The fraction of sp³-hybridized carbons (Fsp3) is 1.00. The number of thioether (sulfide) groups is 1. The molecule has 3 rings (SSSR count). The lowest BCUT2D eigenvalue weighted by Crippen LogP contribution is -2.40. The van der Waals surface area contributed by atoms with E-state index in [2.05, 4.69) is 23.6 Å². The maximum absolute atomic E-state index is 2.82. The molecule has 3 saturated heterocycles. The first kappa shape index (κ1) is 7.69. The molecule has 0 amide bonds. The fourth-order valence-corrected chi connectivity index (χ4v) is 4.99. The zero-order valence-electron chi connectivity index (χ0n) is 7.75. The molecule has 3 heterocycles. The molecule has 12 heavy (non-hydrogen) atoms. The highest BCUT2D eigenvalue weighted by atomic mass is 32.2. The van der Waals surface area contributed by atoms with Crippen LogP contribution in [0.15, 0.2) is 0 Å². The lowest BCUT2D eigenvalue weighted by molar-refractivity contribution is 0.177. The summed E-state index contributed by atoms with van der Waals surface area (Å²) in [6.45, 7) is 3.88. The van der Waals surface area contributed by atoms with Gasteiger partial charge in [0.2, 0.25) is 0 Å². The Hall–Kier alpha value is 0.310. The van der Waals surface area contributed by atoms with Crippen molar-refractivity contribution in [2.75, 3.05) is 18.1 Å². The van der Waals surface area contributed by atoms with Crippen molar-refractivity contribution >= 4 is 11.8 Å². The maximum Gasteiger partial charge on any atom is 0.0228 e. The molecule has 3 atom stereocenters. The third-order valence-corrected chi connectivity index (χ3v) is 5.32. The first-order valence-corrected chi connectivity index (χ1v) is 6.30. The molecule has 0 radical (unpaired) electrons. The zero-order valence-corrected chi connectivity index (χ0v) is 8.57. The van der Waals surface area contributed by atoms with Crippen LogP contribution in [0.1, 0.15) is 26.2 Å². The fourth-order valence-electron chi connectivity index (χ4n) is 3.52. The average molecular weight is 183 g/mol. The quantitative estimate of drug-likeness (QED) is 0.565. The van der Waals surface area contributed by atoms with Crippen LogP contribution in [0.5, 0.6) is 0 Å². The van der Waals surface area contributed by atoms with E-state index in [1.165, 1.54) is 37.3 Å². The van der Waals surface area contributed by atoms with Crippen LogP contribution >= 0.6 is 11.8 Å². The van der Waals surface area contributed by atoms with E-state index >= 15 is 0 Å². The lowest BCUT2D eigenvalue weighted by atomic mass is 9.92. The predicted molar refractivity (Wildman–Crippen MR) is 53.6 cm³/mol. The van der Waals surface area contributed by atoms with Gasteiger partial charge in [-0.05, 0) is 44.4 Å². The van der Waals surface area contributed by atoms with E-state index in [0.717, 1.165) is 12.0 Å². The van der Waals surface area contributed by atoms with E-state index in [-0.39, 0.29) is 0 Å². The number of fused-ring (bicyclic) bond motifs is 3. The van der Waals surface area contributed by atoms with Gasteiger partial charge in [0.05, 0.1) is 0 Å². The monoisotopic (exact) mass is 183 g/mol. The van der Waals surface area contributed by atoms with Gasteiger partial charge in [-0.15, -0.1) is 0 Å². The van der Waals surface area contributed by atoms with Crippen LogP contribution in [-0.4, -0.2) is 34.5 Å². The second-order valence-electron chi connectivity index (χ2n) is 4.86. The summed E-state index contributed by atoms with van der Waals surface area (Å²) in [7, 11) is 0. The summed E-state index contributed by atoms with van der Waals surface area (Å²) < 4.78 is 0. The number of rotatable bonds is 0. The summed E-state index contributed by atoms with van der Waals surface area (Å²) in [5.74, 6) is 3.90. The van der Waals surface area contributed by atoms with Gasteiger partial charge in [-0.2, -0.15) is 11.8 Å². The third-order valence-electron chi connectivity index (χ3n) is 4.07. The van der Waals surface area contributed by atoms with Gasteiger partial charge in [-0.3, -0.25) is 4.90 Å². The molecule has 0 aliphatic carbocycles. The highest BCUT2D eigenvalue weighted by Crippen LogP contribution is 2.49. The first-order valence-electron chi connectivity index (χ1n) is 5.14. The minimum Gasteiger partial charge on any atom is -0.294 e. The van der Waals surface area contributed by atoms with E-state index in [1.54, 1.807) is 0 Å². The van der Waals surface area contributed by atoms with Gasteiger partial charge in [0, 0.05) is 17.3 Å². The Bertz CT molecular complexity index is 206. The average Bonchev–Trinajstić information content (AvgIpc) is 2.57. The van der Waals surface area contributed by atoms with Crippen LogP contribution in [0.2, 0.25) is 0 Å². The summed E-state index contributed by atoms with van der Waals surface area (Å²) in [4.78, 5) is 2.82. The first-order chi connectivity index (χ1) is 5.80. The van der Waals surface area contributed by atoms with Crippen molar-refractivity contribution < 1.29 is 0 Å². The molecule has 0 unspecified atom stereocenters. The molecule has 2 heteroatoms. The molecule has 1 nitrogen and oxygen atoms in total. The van der Waals surface area contributed by atoms with Crippen LogP contribution in [0.4, 0.5) is 0 Å². The van der Waals surface area contributed by atoms with Crippen molar-refractivity contribution in [3.05, 3.63) is 0 Å². The molecule has 3 fully saturated rings. The molecular formula is C10H17NS. The highest BCUT2D eigenvalue weighted by Gasteiger charge is 2.52. The van der Waals surface area contributed by atoms with Crippen LogP contribution < -0.4 is 0 Å². The Morgan fingerprint density at radius 2 is 2.33 bits per heavy atom. The van der Waals surface area contributed by atoms with Crippen molar-refractivity contribution in [1.82, 2.24) is 4.90 Å². The second kappa shape index (κ2) is 2.42. The number of hydrogen-bond acceptors (Lipinski definition) is 2. The van der Waals surface area contributed by atoms with Gasteiger partial charge >= 0.3 is 0 Å². The van der Waals surface area contributed by atoms with E-state index in [0.29, 0.717) is 5.54 Å². The largest absolute Gasteiger partial charge is 0.294 e. The third kappa shape index (κ3) is 0.856. The summed E-state index contributed by atoms with van der Waals surface area (Å²) in [5.41, 5.74) is 0.621. The Balaban J connectivity index is 1.90. The number of nitrogens with zero attached hydrogens (tertiary/aromatic N) is 1. The minimum atomic E-state index is 0.621. The summed E-state index contributed by atoms with van der Waals surface area (Å²) in [5, 5.41) is 0. The molecular weight excluding hydrogens is 166 g/mol. The van der Waals surface area contributed by atoms with E-state index in [9.17, 15) is 0 Å². The van der Waals surface area contributed by atoms with Gasteiger partial charge in [0.25, 0.3) is 0 Å². The van der Waals surface area contributed by atoms with Crippen LogP contribution in [0.25, 0.3) is 0 Å². The van der Waals surface area contributed by atoms with Gasteiger partial charge in [0.15, 0.2) is 0 Å². The molecule has 0 spiro atoms. The Morgan fingerprint density at radius 3 is 3.25 bits per heavy atom. The van der Waals surface area contributed by atoms with Crippen molar-refractivity contribution in [2.45, 2.75) is 37.8 Å². The highest BCUT2D eigenvalue weighted by molar-refractivity contribution is 7.99. The molecule has 0 aromatic heterocycles. The van der Waals surface area contributed by atoms with E-state index < -0.39 is 0 Å². The smallest absolute Gasteiger partial charge is 0.0228 e. The second-order valence-corrected chi connectivity index (χ2v) is 5.94. The summed E-state index contributed by atoms with van der Waals surface area (Å²) >= 11 is 2.17. The van der Waals surface area contributed by atoms with Gasteiger partial charge in [-0.1, -0.05) is 0 Å². The minimum absolute atomic E-state index is 0.621. The van der Waals surface area contributed by atoms with Crippen LogP contribution in [-0.2, 0) is 0 Å². The van der Waals surface area contributed by atoms with Gasteiger partial charge < -0.3 is 0 Å². The lowest BCUT2D eigenvalue weighted by Gasteiger charge is -2.30. The van der Waals surface area contributed by atoms with E-state index in [4.69, 9.17) is 0 Å². The van der Waals surface area contributed by atoms with Crippen LogP contribution in [0.3, 0.4) is 0 Å². The standard InChI is InChI=1S/C10H17NS/c1-10-3-2-4-11(10)9-7-12-6-8(9)5-10/h8-9H,2-7H2,1H3/t8-,9+,10-/m0/s1. The normalized spacial score (nSPS) is 52.8. The van der Waals surface area contributed by atoms with Crippen molar-refractivity contribution in [3.8, 4) is 0 Å². The Labute approximate surface area is 78.9 Å². The van der Waals surface area contributed by atoms with E-state index in [1.807, 2.05) is 0 Å². The molecule has 3 aliphatic rings. The SMILES string of the molecule is C[C@@]12CCCN1[C@@H]1CSC[C@@H]1C2. The van der Waals surface area contributed by atoms with Crippen molar-refractivity contribution in [2.24, 2.45) is 5.92 Å². The van der Waals surface area contributed by atoms with Crippen LogP contribution in [0, 0.1) is 5.92 Å². The van der Waals surface area contributed by atoms with Gasteiger partial charge in [-0.25, -0.2) is 0 Å². The molecule has 68 valence electrons. The maximum atomic E-state index is 2.82. The van der Waals surface area contributed by atoms with Gasteiger partial charge in [0.1, 0.15) is 0 Å². The molecule has 0 bridgehead atoms.